The van der Waals surface area contributed by atoms with Gasteiger partial charge in [-0.2, -0.15) is 5.10 Å². The Morgan fingerprint density at radius 2 is 1.97 bits per heavy atom. The van der Waals surface area contributed by atoms with E-state index in [1.807, 2.05) is 66.4 Å². The van der Waals surface area contributed by atoms with Crippen molar-refractivity contribution in [2.24, 2.45) is 0 Å². The van der Waals surface area contributed by atoms with E-state index >= 15 is 0 Å². The van der Waals surface area contributed by atoms with E-state index in [-0.39, 0.29) is 12.0 Å². The molecule has 0 radical (unpaired) electrons. The quantitative estimate of drug-likeness (QED) is 0.722. The van der Waals surface area contributed by atoms with Gasteiger partial charge in [-0.1, -0.05) is 30.3 Å². The van der Waals surface area contributed by atoms with Crippen LogP contribution in [-0.2, 0) is 16.0 Å². The smallest absolute Gasteiger partial charge is 0.227 e. The molecule has 150 valence electrons. The Kier molecular flexibility index (Phi) is 5.62. The van der Waals surface area contributed by atoms with E-state index in [9.17, 15) is 4.79 Å². The Morgan fingerprint density at radius 3 is 2.69 bits per heavy atom. The maximum Gasteiger partial charge on any atom is 0.227 e. The number of morpholine rings is 1. The van der Waals surface area contributed by atoms with Crippen molar-refractivity contribution >= 4 is 5.91 Å². The Hall–Kier alpha value is -3.12. The van der Waals surface area contributed by atoms with E-state index < -0.39 is 0 Å². The van der Waals surface area contributed by atoms with Crippen LogP contribution in [0, 0.1) is 6.92 Å². The van der Waals surface area contributed by atoms with Gasteiger partial charge >= 0.3 is 0 Å². The number of ether oxygens (including phenoxy) is 2. The monoisotopic (exact) mass is 391 g/mol. The molecule has 0 bridgehead atoms. The van der Waals surface area contributed by atoms with Crippen LogP contribution in [0.25, 0.3) is 11.3 Å². The highest BCUT2D eigenvalue weighted by molar-refractivity contribution is 5.82. The van der Waals surface area contributed by atoms with Crippen molar-refractivity contribution < 1.29 is 14.3 Å². The van der Waals surface area contributed by atoms with E-state index in [1.54, 1.807) is 7.11 Å². The zero-order valence-corrected chi connectivity index (χ0v) is 16.7. The molecule has 1 fully saturated rings. The Balaban J connectivity index is 1.50. The summed E-state index contributed by atoms with van der Waals surface area (Å²) in [7, 11) is 1.64. The Bertz CT molecular complexity index is 967. The first-order chi connectivity index (χ1) is 14.2. The number of hydrogen-bond acceptors (Lipinski definition) is 4. The molecule has 0 saturated carbocycles. The second kappa shape index (κ2) is 8.49. The first-order valence-corrected chi connectivity index (χ1v) is 9.78. The third kappa shape index (κ3) is 4.17. The summed E-state index contributed by atoms with van der Waals surface area (Å²) in [5.74, 6) is 0.882. The lowest BCUT2D eigenvalue weighted by molar-refractivity contribution is -0.138. The van der Waals surface area contributed by atoms with Gasteiger partial charge in [0.05, 0.1) is 32.4 Å². The molecule has 4 rings (SSSR count). The van der Waals surface area contributed by atoms with Gasteiger partial charge in [-0.3, -0.25) is 9.89 Å². The molecule has 0 aliphatic carbocycles. The van der Waals surface area contributed by atoms with Gasteiger partial charge in [-0.25, -0.2) is 0 Å². The number of hydrogen-bond donors (Lipinski definition) is 1. The van der Waals surface area contributed by atoms with Crippen LogP contribution in [0.15, 0.2) is 54.6 Å². The summed E-state index contributed by atoms with van der Waals surface area (Å²) in [6.45, 7) is 3.67. The van der Waals surface area contributed by atoms with E-state index in [0.717, 1.165) is 33.8 Å². The molecule has 1 amide bonds. The number of H-pyrrole nitrogens is 1. The van der Waals surface area contributed by atoms with Crippen molar-refractivity contribution in [1.29, 1.82) is 0 Å². The number of amides is 1. The zero-order valence-electron chi connectivity index (χ0n) is 16.7. The average molecular weight is 391 g/mol. The summed E-state index contributed by atoms with van der Waals surface area (Å²) >= 11 is 0. The molecule has 1 N–H and O–H groups in total. The number of nitrogens with one attached hydrogen (secondary N) is 1. The zero-order chi connectivity index (χ0) is 20.2. The fourth-order valence-electron chi connectivity index (χ4n) is 3.66. The third-order valence-corrected chi connectivity index (χ3v) is 5.36. The molecule has 29 heavy (non-hydrogen) atoms. The largest absolute Gasteiger partial charge is 0.497 e. The molecule has 1 aliphatic rings. The molecule has 1 aliphatic heterocycles. The molecular weight excluding hydrogens is 366 g/mol. The van der Waals surface area contributed by atoms with Gasteiger partial charge in [0.2, 0.25) is 5.91 Å². The molecule has 0 spiro atoms. The lowest BCUT2D eigenvalue weighted by Crippen LogP contribution is -2.43. The molecule has 1 atom stereocenters. The lowest BCUT2D eigenvalue weighted by atomic mass is 10.0. The summed E-state index contributed by atoms with van der Waals surface area (Å²) < 4.78 is 11.1. The third-order valence-electron chi connectivity index (χ3n) is 5.36. The van der Waals surface area contributed by atoms with Gasteiger partial charge in [0.15, 0.2) is 0 Å². The number of methoxy groups -OCH3 is 1. The summed E-state index contributed by atoms with van der Waals surface area (Å²) in [5, 5.41) is 7.47. The summed E-state index contributed by atoms with van der Waals surface area (Å²) in [6.07, 6.45) is 0.228. The van der Waals surface area contributed by atoms with Gasteiger partial charge in [-0.15, -0.1) is 0 Å². The SMILES string of the molecule is COc1ccc(-c2n[nH]c(C)c2CC(=O)N2CCO[C@H](c3ccccc3)C2)cc1. The second-order valence-corrected chi connectivity index (χ2v) is 7.19. The summed E-state index contributed by atoms with van der Waals surface area (Å²) in [5.41, 5.74) is 4.72. The van der Waals surface area contributed by atoms with Crippen molar-refractivity contribution in [2.75, 3.05) is 26.8 Å². The van der Waals surface area contributed by atoms with E-state index in [1.165, 1.54) is 0 Å². The fraction of sp³-hybridized carbons (Fsp3) is 0.304. The number of benzene rings is 2. The molecule has 1 aromatic heterocycles. The first-order valence-electron chi connectivity index (χ1n) is 9.78. The van der Waals surface area contributed by atoms with E-state index in [4.69, 9.17) is 9.47 Å². The Labute approximate surface area is 170 Å². The second-order valence-electron chi connectivity index (χ2n) is 7.19. The molecule has 6 heteroatoms. The van der Waals surface area contributed by atoms with Gasteiger partial charge in [0, 0.05) is 23.4 Å². The minimum Gasteiger partial charge on any atom is -0.497 e. The number of aromatic nitrogens is 2. The number of rotatable bonds is 5. The maximum atomic E-state index is 13.1. The minimum atomic E-state index is -0.0830. The van der Waals surface area contributed by atoms with Crippen molar-refractivity contribution in [2.45, 2.75) is 19.4 Å². The van der Waals surface area contributed by atoms with Crippen molar-refractivity contribution in [3.8, 4) is 17.0 Å². The van der Waals surface area contributed by atoms with Crippen LogP contribution < -0.4 is 4.74 Å². The predicted molar refractivity (Wildman–Crippen MR) is 111 cm³/mol. The highest BCUT2D eigenvalue weighted by Gasteiger charge is 2.27. The molecule has 6 nitrogen and oxygen atoms in total. The number of carbonyl (C=O) groups is 1. The number of nitrogens with zero attached hydrogens (tertiary/aromatic N) is 2. The number of aromatic amines is 1. The molecule has 0 unspecified atom stereocenters. The fourth-order valence-corrected chi connectivity index (χ4v) is 3.66. The lowest BCUT2D eigenvalue weighted by Gasteiger charge is -2.33. The van der Waals surface area contributed by atoms with Gasteiger partial charge in [0.1, 0.15) is 11.9 Å². The van der Waals surface area contributed by atoms with Crippen molar-refractivity contribution in [1.82, 2.24) is 15.1 Å². The normalized spacial score (nSPS) is 16.6. The van der Waals surface area contributed by atoms with Crippen LogP contribution in [0.1, 0.15) is 22.9 Å². The Morgan fingerprint density at radius 1 is 1.21 bits per heavy atom. The molecule has 2 heterocycles. The predicted octanol–water partition coefficient (Wildman–Crippen LogP) is 3.54. The van der Waals surface area contributed by atoms with E-state index in [0.29, 0.717) is 26.1 Å². The minimum absolute atomic E-state index is 0.0830. The van der Waals surface area contributed by atoms with Crippen LogP contribution in [0.5, 0.6) is 5.75 Å². The highest BCUT2D eigenvalue weighted by Crippen LogP contribution is 2.27. The number of carbonyl (C=O) groups excluding carboxylic acids is 1. The molecule has 2 aromatic carbocycles. The first kappa shape index (κ1) is 19.2. The van der Waals surface area contributed by atoms with Crippen molar-refractivity contribution in [3.05, 3.63) is 71.4 Å². The van der Waals surface area contributed by atoms with Gasteiger partial charge in [-0.05, 0) is 36.8 Å². The topological polar surface area (TPSA) is 67.5 Å². The van der Waals surface area contributed by atoms with Crippen LogP contribution in [0.3, 0.4) is 0 Å². The van der Waals surface area contributed by atoms with Gasteiger partial charge < -0.3 is 14.4 Å². The summed E-state index contributed by atoms with van der Waals surface area (Å²) in [6, 6.07) is 17.8. The van der Waals surface area contributed by atoms with Crippen LogP contribution >= 0.6 is 0 Å². The van der Waals surface area contributed by atoms with Crippen LogP contribution in [0.2, 0.25) is 0 Å². The summed E-state index contributed by atoms with van der Waals surface area (Å²) in [4.78, 5) is 15.0. The molecule has 3 aromatic rings. The standard InChI is InChI=1S/C23H25N3O3/c1-16-20(23(25-24-16)18-8-10-19(28-2)11-9-18)14-22(27)26-12-13-29-21(15-26)17-6-4-3-5-7-17/h3-11,21H,12-15H2,1-2H3,(H,24,25)/t21-/m0/s1. The molecule has 1 saturated heterocycles. The highest BCUT2D eigenvalue weighted by atomic mass is 16.5. The van der Waals surface area contributed by atoms with Crippen LogP contribution in [-0.4, -0.2) is 47.8 Å². The van der Waals surface area contributed by atoms with E-state index in [2.05, 4.69) is 10.2 Å². The van der Waals surface area contributed by atoms with Crippen molar-refractivity contribution in [3.63, 3.8) is 0 Å². The van der Waals surface area contributed by atoms with Gasteiger partial charge in [0.25, 0.3) is 0 Å². The van der Waals surface area contributed by atoms with Crippen LogP contribution in [0.4, 0.5) is 0 Å². The average Bonchev–Trinajstić information content (AvgIpc) is 3.14. The number of aryl methyl sites for hydroxylation is 1. The molecular formula is C23H25N3O3. The maximum absolute atomic E-state index is 13.1.